The predicted molar refractivity (Wildman–Crippen MR) is 72.6 cm³/mol. The molecule has 0 aliphatic rings. The van der Waals surface area contributed by atoms with Gasteiger partial charge in [-0.3, -0.25) is 10.1 Å². The highest BCUT2D eigenvalue weighted by atomic mass is 16.6. The SMILES string of the molecule is CCCCN(C)c1ccc([N+](=O)[O-])c(C(=O)OC)c1. The Morgan fingerprint density at radius 2 is 2.16 bits per heavy atom. The number of hydrogen-bond acceptors (Lipinski definition) is 5. The molecule has 1 aromatic rings. The summed E-state index contributed by atoms with van der Waals surface area (Å²) < 4.78 is 4.58. The molecule has 0 saturated heterocycles. The molecule has 0 saturated carbocycles. The van der Waals surface area contributed by atoms with Crippen molar-refractivity contribution >= 4 is 17.3 Å². The van der Waals surface area contributed by atoms with Crippen molar-refractivity contribution in [3.8, 4) is 0 Å². The van der Waals surface area contributed by atoms with E-state index in [9.17, 15) is 14.9 Å². The van der Waals surface area contributed by atoms with Gasteiger partial charge in [0.25, 0.3) is 5.69 Å². The van der Waals surface area contributed by atoms with Gasteiger partial charge in [0.2, 0.25) is 0 Å². The number of nitrogens with zero attached hydrogens (tertiary/aromatic N) is 2. The molecule has 0 aliphatic heterocycles. The number of anilines is 1. The van der Waals surface area contributed by atoms with Crippen LogP contribution in [0.5, 0.6) is 0 Å². The molecule has 0 aromatic heterocycles. The predicted octanol–water partition coefficient (Wildman–Crippen LogP) is 2.62. The van der Waals surface area contributed by atoms with Crippen molar-refractivity contribution in [3.63, 3.8) is 0 Å². The Bertz CT molecular complexity index is 474. The summed E-state index contributed by atoms with van der Waals surface area (Å²) in [5.41, 5.74) is 0.507. The normalized spacial score (nSPS) is 10.1. The van der Waals surface area contributed by atoms with E-state index in [1.165, 1.54) is 19.2 Å². The standard InChI is InChI=1S/C13H18N2O4/c1-4-5-8-14(2)10-6-7-12(15(17)18)11(9-10)13(16)19-3/h6-7,9H,4-5,8H2,1-3H3. The number of benzene rings is 1. The number of ether oxygens (including phenoxy) is 1. The first kappa shape index (κ1) is 14.9. The molecule has 1 aromatic carbocycles. The summed E-state index contributed by atoms with van der Waals surface area (Å²) in [6, 6.07) is 4.48. The van der Waals surface area contributed by atoms with Gasteiger partial charge in [-0.2, -0.15) is 0 Å². The average Bonchev–Trinajstić information content (AvgIpc) is 2.42. The van der Waals surface area contributed by atoms with Crippen molar-refractivity contribution in [2.45, 2.75) is 19.8 Å². The molecular weight excluding hydrogens is 248 g/mol. The number of hydrogen-bond donors (Lipinski definition) is 0. The van der Waals surface area contributed by atoms with Gasteiger partial charge < -0.3 is 9.64 Å². The van der Waals surface area contributed by atoms with Crippen LogP contribution >= 0.6 is 0 Å². The van der Waals surface area contributed by atoms with Crippen LogP contribution in [0.25, 0.3) is 0 Å². The minimum absolute atomic E-state index is 0.0200. The van der Waals surface area contributed by atoms with Gasteiger partial charge in [-0.05, 0) is 18.6 Å². The van der Waals surface area contributed by atoms with Gasteiger partial charge in [0.15, 0.2) is 0 Å². The molecule has 0 aliphatic carbocycles. The third-order valence-corrected chi connectivity index (χ3v) is 2.87. The highest BCUT2D eigenvalue weighted by Gasteiger charge is 2.21. The van der Waals surface area contributed by atoms with Crippen LogP contribution in [0.3, 0.4) is 0 Å². The number of carbonyl (C=O) groups is 1. The van der Waals surface area contributed by atoms with E-state index < -0.39 is 10.9 Å². The zero-order chi connectivity index (χ0) is 14.4. The Labute approximate surface area is 112 Å². The first-order chi connectivity index (χ1) is 9.01. The topological polar surface area (TPSA) is 72.7 Å². The summed E-state index contributed by atoms with van der Waals surface area (Å²) in [5.74, 6) is -0.697. The van der Waals surface area contributed by atoms with E-state index in [1.807, 2.05) is 11.9 Å². The molecule has 0 atom stereocenters. The van der Waals surface area contributed by atoms with E-state index in [4.69, 9.17) is 0 Å². The minimum atomic E-state index is -0.697. The van der Waals surface area contributed by atoms with E-state index in [1.54, 1.807) is 6.07 Å². The number of rotatable bonds is 6. The van der Waals surface area contributed by atoms with E-state index >= 15 is 0 Å². The van der Waals surface area contributed by atoms with E-state index in [2.05, 4.69) is 11.7 Å². The number of esters is 1. The number of carbonyl (C=O) groups excluding carboxylic acids is 1. The molecule has 0 bridgehead atoms. The second-order valence-corrected chi connectivity index (χ2v) is 4.23. The highest BCUT2D eigenvalue weighted by molar-refractivity contribution is 5.95. The molecular formula is C13H18N2O4. The van der Waals surface area contributed by atoms with Gasteiger partial charge in [-0.25, -0.2) is 4.79 Å². The lowest BCUT2D eigenvalue weighted by Gasteiger charge is -2.19. The van der Waals surface area contributed by atoms with Crippen LogP contribution in [0.2, 0.25) is 0 Å². The van der Waals surface area contributed by atoms with Gasteiger partial charge in [0.1, 0.15) is 5.56 Å². The van der Waals surface area contributed by atoms with Crippen molar-refractivity contribution < 1.29 is 14.5 Å². The minimum Gasteiger partial charge on any atom is -0.465 e. The van der Waals surface area contributed by atoms with Crippen LogP contribution in [-0.4, -0.2) is 31.6 Å². The molecule has 19 heavy (non-hydrogen) atoms. The summed E-state index contributed by atoms with van der Waals surface area (Å²) in [7, 11) is 3.09. The Hall–Kier alpha value is -2.11. The van der Waals surface area contributed by atoms with Crippen LogP contribution in [0.15, 0.2) is 18.2 Å². The lowest BCUT2D eigenvalue weighted by Crippen LogP contribution is -2.19. The van der Waals surface area contributed by atoms with Crippen molar-refractivity contribution in [3.05, 3.63) is 33.9 Å². The van der Waals surface area contributed by atoms with Crippen LogP contribution in [0.4, 0.5) is 11.4 Å². The second kappa shape index (κ2) is 6.72. The van der Waals surface area contributed by atoms with Gasteiger partial charge in [-0.1, -0.05) is 13.3 Å². The summed E-state index contributed by atoms with van der Waals surface area (Å²) >= 11 is 0. The molecule has 104 valence electrons. The smallest absolute Gasteiger partial charge is 0.344 e. The molecule has 6 nitrogen and oxygen atoms in total. The van der Waals surface area contributed by atoms with Gasteiger partial charge in [0, 0.05) is 25.3 Å². The average molecular weight is 266 g/mol. The third kappa shape index (κ3) is 3.67. The molecule has 0 radical (unpaired) electrons. The number of methoxy groups -OCH3 is 1. The van der Waals surface area contributed by atoms with E-state index in [-0.39, 0.29) is 11.3 Å². The van der Waals surface area contributed by atoms with Crippen LogP contribution in [0.1, 0.15) is 30.1 Å². The monoisotopic (exact) mass is 266 g/mol. The number of nitro groups is 1. The molecule has 0 heterocycles. The summed E-state index contributed by atoms with van der Waals surface area (Å²) in [6.45, 7) is 2.92. The Balaban J connectivity index is 3.11. The fourth-order valence-electron chi connectivity index (χ4n) is 1.72. The first-order valence-electron chi connectivity index (χ1n) is 6.09. The maximum Gasteiger partial charge on any atom is 0.344 e. The Kier molecular flexibility index (Phi) is 5.29. The molecule has 1 rings (SSSR count). The first-order valence-corrected chi connectivity index (χ1v) is 6.09. The van der Waals surface area contributed by atoms with Crippen molar-refractivity contribution in [1.82, 2.24) is 0 Å². The summed E-state index contributed by atoms with van der Waals surface area (Å²) in [6.07, 6.45) is 2.07. The van der Waals surface area contributed by atoms with Crippen LogP contribution in [-0.2, 0) is 4.74 Å². The van der Waals surface area contributed by atoms with E-state index in [0.29, 0.717) is 0 Å². The third-order valence-electron chi connectivity index (χ3n) is 2.87. The maximum atomic E-state index is 11.6. The largest absolute Gasteiger partial charge is 0.465 e. The Morgan fingerprint density at radius 3 is 2.68 bits per heavy atom. The van der Waals surface area contributed by atoms with Crippen molar-refractivity contribution in [2.75, 3.05) is 25.6 Å². The van der Waals surface area contributed by atoms with Crippen molar-refractivity contribution in [1.29, 1.82) is 0 Å². The lowest BCUT2D eigenvalue weighted by atomic mass is 10.1. The van der Waals surface area contributed by atoms with Gasteiger partial charge in [-0.15, -0.1) is 0 Å². The molecule has 0 spiro atoms. The zero-order valence-electron chi connectivity index (χ0n) is 11.4. The quantitative estimate of drug-likeness (QED) is 0.449. The van der Waals surface area contributed by atoms with Crippen molar-refractivity contribution in [2.24, 2.45) is 0 Å². The maximum absolute atomic E-state index is 11.6. The van der Waals surface area contributed by atoms with Gasteiger partial charge >= 0.3 is 5.97 Å². The molecule has 6 heteroatoms. The fourth-order valence-corrected chi connectivity index (χ4v) is 1.72. The van der Waals surface area contributed by atoms with E-state index in [0.717, 1.165) is 25.1 Å². The second-order valence-electron chi connectivity index (χ2n) is 4.23. The van der Waals surface area contributed by atoms with Gasteiger partial charge in [0.05, 0.1) is 12.0 Å². The Morgan fingerprint density at radius 1 is 1.47 bits per heavy atom. The fraction of sp³-hybridized carbons (Fsp3) is 0.462. The molecule has 0 fully saturated rings. The number of nitro benzene ring substituents is 1. The number of unbranched alkanes of at least 4 members (excludes halogenated alkanes) is 1. The molecule has 0 N–H and O–H groups in total. The molecule has 0 amide bonds. The summed E-state index contributed by atoms with van der Waals surface area (Å²) in [5, 5.41) is 10.9. The highest BCUT2D eigenvalue weighted by Crippen LogP contribution is 2.25. The van der Waals surface area contributed by atoms with Crippen LogP contribution < -0.4 is 4.90 Å². The molecule has 0 unspecified atom stereocenters. The zero-order valence-corrected chi connectivity index (χ0v) is 11.4. The lowest BCUT2D eigenvalue weighted by molar-refractivity contribution is -0.385. The summed E-state index contributed by atoms with van der Waals surface area (Å²) in [4.78, 5) is 23.8. The van der Waals surface area contributed by atoms with Crippen LogP contribution in [0, 0.1) is 10.1 Å².